The molecule has 2 aromatic carbocycles. The van der Waals surface area contributed by atoms with Gasteiger partial charge in [-0.25, -0.2) is 17.5 Å². The van der Waals surface area contributed by atoms with Gasteiger partial charge in [-0.15, -0.1) is 5.10 Å². The molecule has 1 N–H and O–H groups in total. The molecule has 0 amide bonds. The fourth-order valence-corrected chi connectivity index (χ4v) is 6.94. The Kier molecular flexibility index (Phi) is 6.78. The molecular formula is C26H33FN4O3SSi. The molecule has 5 rings (SSSR count). The number of sulfone groups is 1. The molecule has 7 nitrogen and oxygen atoms in total. The smallest absolute Gasteiger partial charge is 0.273 e. The summed E-state index contributed by atoms with van der Waals surface area (Å²) in [5, 5.41) is 7.30. The lowest BCUT2D eigenvalue weighted by Crippen LogP contribution is -2.22. The second-order valence-electron chi connectivity index (χ2n) is 10.9. The highest BCUT2D eigenvalue weighted by Crippen LogP contribution is 2.40. The van der Waals surface area contributed by atoms with Crippen LogP contribution >= 0.6 is 0 Å². The van der Waals surface area contributed by atoms with Crippen LogP contribution in [0, 0.1) is 5.82 Å². The van der Waals surface area contributed by atoms with Crippen molar-refractivity contribution in [3.05, 3.63) is 58.4 Å². The van der Waals surface area contributed by atoms with E-state index in [0.29, 0.717) is 12.6 Å². The van der Waals surface area contributed by atoms with Crippen LogP contribution < -0.4 is 5.32 Å². The van der Waals surface area contributed by atoms with E-state index in [4.69, 9.17) is 4.74 Å². The predicted molar refractivity (Wildman–Crippen MR) is 140 cm³/mol. The summed E-state index contributed by atoms with van der Waals surface area (Å²) in [7, 11) is -5.54. The molecule has 2 aliphatic carbocycles. The van der Waals surface area contributed by atoms with Crippen LogP contribution in [0.2, 0.25) is 25.7 Å². The largest absolute Gasteiger partial charge is 0.359 e. The van der Waals surface area contributed by atoms with E-state index in [1.807, 2.05) is 0 Å². The number of nitrogens with one attached hydrogen (secondary N) is 1. The van der Waals surface area contributed by atoms with Crippen molar-refractivity contribution in [2.45, 2.75) is 81.0 Å². The number of benzene rings is 2. The van der Waals surface area contributed by atoms with Gasteiger partial charge in [0.05, 0.1) is 0 Å². The third-order valence-electron chi connectivity index (χ3n) is 6.94. The van der Waals surface area contributed by atoms with Gasteiger partial charge < -0.3 is 10.1 Å². The van der Waals surface area contributed by atoms with Crippen LogP contribution in [0.5, 0.6) is 0 Å². The van der Waals surface area contributed by atoms with Crippen LogP contribution in [0.1, 0.15) is 35.1 Å². The van der Waals surface area contributed by atoms with E-state index in [2.05, 4.69) is 41.1 Å². The van der Waals surface area contributed by atoms with Gasteiger partial charge in [0.1, 0.15) is 17.4 Å². The Hall–Kier alpha value is -2.56. The summed E-state index contributed by atoms with van der Waals surface area (Å²) in [4.78, 5) is 3.95. The van der Waals surface area contributed by atoms with Crippen molar-refractivity contribution in [2.75, 3.05) is 11.9 Å². The normalized spacial score (nSPS) is 15.2. The molecule has 0 fully saturated rings. The molecule has 0 aliphatic heterocycles. The fourth-order valence-electron chi connectivity index (χ4n) is 4.99. The molecule has 1 aromatic heterocycles. The third-order valence-corrected chi connectivity index (χ3v) is 10.2. The van der Waals surface area contributed by atoms with Gasteiger partial charge in [-0.3, -0.25) is 0 Å². The monoisotopic (exact) mass is 528 g/mol. The van der Waals surface area contributed by atoms with E-state index in [-0.39, 0.29) is 6.73 Å². The van der Waals surface area contributed by atoms with Gasteiger partial charge in [0.25, 0.3) is 5.16 Å². The Morgan fingerprint density at radius 2 is 1.72 bits per heavy atom. The quantitative estimate of drug-likeness (QED) is 0.300. The number of aryl methyl sites for hydroxylation is 2. The molecule has 0 radical (unpaired) electrons. The molecule has 0 atom stereocenters. The first-order valence-electron chi connectivity index (χ1n) is 12.6. The molecule has 0 unspecified atom stereocenters. The molecule has 0 bridgehead atoms. The van der Waals surface area contributed by atoms with E-state index in [9.17, 15) is 12.8 Å². The van der Waals surface area contributed by atoms with Crippen molar-refractivity contribution in [2.24, 2.45) is 0 Å². The Labute approximate surface area is 213 Å². The van der Waals surface area contributed by atoms with Crippen molar-refractivity contribution in [1.29, 1.82) is 0 Å². The van der Waals surface area contributed by atoms with E-state index >= 15 is 0 Å². The molecule has 10 heteroatoms. The van der Waals surface area contributed by atoms with Crippen LogP contribution in [-0.2, 0) is 47.0 Å². The molecule has 0 saturated heterocycles. The van der Waals surface area contributed by atoms with Crippen molar-refractivity contribution < 1.29 is 17.5 Å². The van der Waals surface area contributed by atoms with Crippen molar-refractivity contribution in [3.8, 4) is 0 Å². The van der Waals surface area contributed by atoms with Gasteiger partial charge in [0.15, 0.2) is 0 Å². The maximum Gasteiger partial charge on any atom is 0.273 e. The van der Waals surface area contributed by atoms with E-state index in [1.165, 1.54) is 45.1 Å². The highest BCUT2D eigenvalue weighted by Gasteiger charge is 2.30. The Bertz CT molecular complexity index is 1370. The van der Waals surface area contributed by atoms with Crippen molar-refractivity contribution in [1.82, 2.24) is 14.8 Å². The summed E-state index contributed by atoms with van der Waals surface area (Å²) in [6, 6.07) is 8.62. The Morgan fingerprint density at radius 3 is 2.36 bits per heavy atom. The number of hydrogen-bond acceptors (Lipinski definition) is 6. The third kappa shape index (κ3) is 4.98. The molecule has 1 heterocycles. The predicted octanol–water partition coefficient (Wildman–Crippen LogP) is 5.28. The average molecular weight is 529 g/mol. The molecule has 192 valence electrons. The van der Waals surface area contributed by atoms with E-state index < -0.39 is 33.8 Å². The maximum atomic E-state index is 14.4. The first-order chi connectivity index (χ1) is 17.1. The van der Waals surface area contributed by atoms with Gasteiger partial charge in [0.2, 0.25) is 15.8 Å². The summed E-state index contributed by atoms with van der Waals surface area (Å²) in [5.41, 5.74) is 6.31. The lowest BCUT2D eigenvalue weighted by atomic mass is 9.99. The average Bonchev–Trinajstić information content (AvgIpc) is 3.56. The number of nitrogens with zero attached hydrogens (tertiary/aromatic N) is 3. The minimum atomic E-state index is -4.25. The molecule has 2 aliphatic rings. The molecular weight excluding hydrogens is 495 g/mol. The van der Waals surface area contributed by atoms with Crippen LogP contribution in [0.3, 0.4) is 0 Å². The van der Waals surface area contributed by atoms with Crippen LogP contribution in [0.4, 0.5) is 16.0 Å². The van der Waals surface area contributed by atoms with Gasteiger partial charge in [-0.1, -0.05) is 37.8 Å². The summed E-state index contributed by atoms with van der Waals surface area (Å²) in [5.74, 6) is -0.527. The van der Waals surface area contributed by atoms with Crippen LogP contribution in [0.25, 0.3) is 0 Å². The lowest BCUT2D eigenvalue weighted by Gasteiger charge is -2.18. The summed E-state index contributed by atoms with van der Waals surface area (Å²) < 4.78 is 48.3. The zero-order valence-electron chi connectivity index (χ0n) is 21.1. The van der Waals surface area contributed by atoms with Gasteiger partial charge in [-0.05, 0) is 79.0 Å². The summed E-state index contributed by atoms with van der Waals surface area (Å²) in [6.45, 7) is 7.43. The SMILES string of the molecule is C[Si](C)(C)CCOCn1nc(S(=O)(=O)c2ccccc2F)nc1Nc1c2c(cc3c1CCC3)CCC2. The first-order valence-corrected chi connectivity index (χ1v) is 17.8. The lowest BCUT2D eigenvalue weighted by molar-refractivity contribution is 0.0792. The molecule has 0 spiro atoms. The van der Waals surface area contributed by atoms with Gasteiger partial charge in [0, 0.05) is 20.4 Å². The highest BCUT2D eigenvalue weighted by molar-refractivity contribution is 7.91. The fraction of sp³-hybridized carbons (Fsp3) is 0.462. The van der Waals surface area contributed by atoms with Crippen molar-refractivity contribution in [3.63, 3.8) is 0 Å². The molecule has 36 heavy (non-hydrogen) atoms. The minimum Gasteiger partial charge on any atom is -0.359 e. The number of aromatic nitrogens is 3. The van der Waals surface area contributed by atoms with Gasteiger partial charge >= 0.3 is 0 Å². The standard InChI is InChI=1S/C26H33FN4O3SSi/c1-36(2,3)15-14-34-17-31-25(29-26(30-31)35(32,33)23-13-5-4-12-22(23)27)28-24-20-10-6-8-18(20)16-19-9-7-11-21(19)24/h4-5,12-13,16H,6-11,14-15,17H2,1-3H3,(H,28,29,30). The number of fused-ring (bicyclic) bond motifs is 2. The number of rotatable bonds is 9. The zero-order valence-corrected chi connectivity index (χ0v) is 22.9. The van der Waals surface area contributed by atoms with Crippen molar-refractivity contribution >= 4 is 29.5 Å². The van der Waals surface area contributed by atoms with Crippen LogP contribution in [0.15, 0.2) is 40.4 Å². The minimum absolute atomic E-state index is 0.0593. The number of anilines is 2. The second-order valence-corrected chi connectivity index (χ2v) is 18.3. The van der Waals surface area contributed by atoms with Crippen LogP contribution in [-0.4, -0.2) is 37.9 Å². The van der Waals surface area contributed by atoms with E-state index in [0.717, 1.165) is 56.3 Å². The topological polar surface area (TPSA) is 86.1 Å². The molecule has 0 saturated carbocycles. The summed E-state index contributed by atoms with van der Waals surface area (Å²) >= 11 is 0. The maximum absolute atomic E-state index is 14.4. The second kappa shape index (κ2) is 9.72. The number of ether oxygens (including phenoxy) is 1. The summed E-state index contributed by atoms with van der Waals surface area (Å²) in [6.07, 6.45) is 6.27. The zero-order chi connectivity index (χ0) is 25.5. The van der Waals surface area contributed by atoms with Gasteiger partial charge in [-0.2, -0.15) is 4.98 Å². The first kappa shape index (κ1) is 25.1. The Morgan fingerprint density at radius 1 is 1.06 bits per heavy atom. The Balaban J connectivity index is 1.52. The molecule has 3 aromatic rings. The highest BCUT2D eigenvalue weighted by atomic mass is 32.2. The number of halogens is 1. The number of hydrogen-bond donors (Lipinski definition) is 1. The van der Waals surface area contributed by atoms with E-state index in [1.54, 1.807) is 0 Å².